The lowest BCUT2D eigenvalue weighted by Gasteiger charge is -2.14. The van der Waals surface area contributed by atoms with E-state index in [1.165, 1.54) is 10.8 Å². The molecule has 1 aliphatic rings. The van der Waals surface area contributed by atoms with Gasteiger partial charge < -0.3 is 9.84 Å². The van der Waals surface area contributed by atoms with E-state index in [4.69, 9.17) is 9.84 Å². The number of hydrogen-bond donors (Lipinski definition) is 2. The van der Waals surface area contributed by atoms with Crippen molar-refractivity contribution in [2.45, 2.75) is 19.3 Å². The Morgan fingerprint density at radius 2 is 2.25 bits per heavy atom. The maximum atomic E-state index is 11.5. The molecular formula is C10H12N2O4. The second kappa shape index (κ2) is 4.07. The molecule has 16 heavy (non-hydrogen) atoms. The zero-order valence-corrected chi connectivity index (χ0v) is 8.71. The fraction of sp³-hybridized carbons (Fsp3) is 0.400. The first-order valence-electron chi connectivity index (χ1n) is 4.88. The number of nitrogens with zero attached hydrogens (tertiary/aromatic N) is 1. The number of aliphatic hydroxyl groups excluding tert-OH is 1. The summed E-state index contributed by atoms with van der Waals surface area (Å²) in [7, 11) is 0. The Hall–Kier alpha value is -1.66. The zero-order valence-electron chi connectivity index (χ0n) is 8.71. The van der Waals surface area contributed by atoms with Crippen molar-refractivity contribution in [1.29, 1.82) is 0 Å². The maximum Gasteiger partial charge on any atom is 0.330 e. The lowest BCUT2D eigenvalue weighted by Crippen LogP contribution is -2.33. The highest BCUT2D eigenvalue weighted by Crippen LogP contribution is 2.18. The van der Waals surface area contributed by atoms with Crippen LogP contribution in [0.2, 0.25) is 0 Å². The number of H-pyrrole nitrogens is 1. The molecule has 1 aliphatic heterocycles. The number of aliphatic hydroxyl groups is 1. The molecule has 2 heterocycles. The minimum Gasteiger partial charge on any atom is -0.393 e. The Balaban J connectivity index is 2.36. The predicted molar refractivity (Wildman–Crippen MR) is 56.2 cm³/mol. The largest absolute Gasteiger partial charge is 0.393 e. The summed E-state index contributed by atoms with van der Waals surface area (Å²) in [5.41, 5.74) is -0.491. The number of rotatable bonds is 2. The Morgan fingerprint density at radius 3 is 2.88 bits per heavy atom. The average molecular weight is 232 g/mol. The molecule has 6 heteroatoms. The van der Waals surface area contributed by atoms with Crippen molar-refractivity contribution in [3.8, 4) is 0 Å². The van der Waals surface area contributed by atoms with Gasteiger partial charge in [0.2, 0.25) is 0 Å². The molecule has 0 spiro atoms. The third-order valence-corrected chi connectivity index (χ3v) is 2.40. The maximum absolute atomic E-state index is 11.5. The van der Waals surface area contributed by atoms with E-state index >= 15 is 0 Å². The van der Waals surface area contributed by atoms with Gasteiger partial charge in [0, 0.05) is 11.8 Å². The molecule has 0 radical (unpaired) electrons. The molecule has 2 atom stereocenters. The first-order chi connectivity index (χ1) is 7.61. The van der Waals surface area contributed by atoms with Crippen LogP contribution in [0.3, 0.4) is 0 Å². The monoisotopic (exact) mass is 232 g/mol. The van der Waals surface area contributed by atoms with Gasteiger partial charge in [0.1, 0.15) is 6.10 Å². The number of ether oxygens (including phenoxy) is 1. The van der Waals surface area contributed by atoms with E-state index in [0.717, 1.165) is 0 Å². The van der Waals surface area contributed by atoms with Crippen LogP contribution in [-0.4, -0.2) is 27.4 Å². The van der Waals surface area contributed by atoms with Gasteiger partial charge in [-0.3, -0.25) is 14.3 Å². The molecule has 0 amide bonds. The van der Waals surface area contributed by atoms with Gasteiger partial charge in [0.15, 0.2) is 6.23 Å². The summed E-state index contributed by atoms with van der Waals surface area (Å²) in [5.74, 6) is 0. The highest BCUT2D eigenvalue weighted by Gasteiger charge is 2.20. The smallest absolute Gasteiger partial charge is 0.330 e. The number of nitrogens with one attached hydrogen (secondary N) is 1. The van der Waals surface area contributed by atoms with Gasteiger partial charge in [-0.2, -0.15) is 0 Å². The van der Waals surface area contributed by atoms with E-state index in [1.54, 1.807) is 19.1 Å². The average Bonchev–Trinajstić information content (AvgIpc) is 2.71. The van der Waals surface area contributed by atoms with Crippen molar-refractivity contribution in [2.24, 2.45) is 0 Å². The molecule has 86 valence electrons. The molecule has 1 aromatic heterocycles. The van der Waals surface area contributed by atoms with Crippen LogP contribution < -0.4 is 11.2 Å². The lowest BCUT2D eigenvalue weighted by molar-refractivity contribution is -0.0104. The van der Waals surface area contributed by atoms with E-state index in [9.17, 15) is 9.59 Å². The van der Waals surface area contributed by atoms with E-state index in [0.29, 0.717) is 5.56 Å². The normalized spacial score (nSPS) is 23.9. The van der Waals surface area contributed by atoms with Crippen molar-refractivity contribution in [3.05, 3.63) is 44.8 Å². The standard InChI is InChI=1S/C10H12N2O4/c1-6-4-12(10(15)11-9(6)14)8-3-2-7(5-13)16-8/h2-4,7-8,13H,5H2,1H3,(H,11,14,15)/t7-,8+/m0/s1/i2+1,3+1,4+1,5+1,7+1,8+1,11+1,12+1. The van der Waals surface area contributed by atoms with E-state index < -0.39 is 23.6 Å². The minimum absolute atomic E-state index is 0.135. The van der Waals surface area contributed by atoms with Gasteiger partial charge >= 0.3 is 5.69 Å². The Morgan fingerprint density at radius 1 is 1.50 bits per heavy atom. The summed E-state index contributed by atoms with van der Waals surface area (Å²) in [6.45, 7) is 1.47. The second-order valence-electron chi connectivity index (χ2n) is 3.61. The molecule has 0 saturated carbocycles. The van der Waals surface area contributed by atoms with E-state index in [2.05, 4.69) is 4.98 Å². The Labute approximate surface area is 90.8 Å². The number of hydrogen-bond acceptors (Lipinski definition) is 4. The highest BCUT2D eigenvalue weighted by molar-refractivity contribution is 5.06. The molecule has 2 rings (SSSR count). The molecular weight excluding hydrogens is 220 g/mol. The number of aromatic amines is 1. The van der Waals surface area contributed by atoms with Crippen molar-refractivity contribution in [1.82, 2.24) is 9.55 Å². The predicted octanol–water partition coefficient (Wildman–Crippen LogP) is -0.709. The summed E-state index contributed by atoms with van der Waals surface area (Å²) >= 11 is 0. The fourth-order valence-corrected chi connectivity index (χ4v) is 1.53. The highest BCUT2D eigenvalue weighted by atomic mass is 16.7. The molecule has 0 saturated heterocycles. The summed E-state index contributed by atoms with van der Waals surface area (Å²) in [4.78, 5) is 24.9. The molecule has 6 nitrogen and oxygen atoms in total. The van der Waals surface area contributed by atoms with Crippen LogP contribution in [0.4, 0.5) is 0 Å². The molecule has 1 aromatic rings. The van der Waals surface area contributed by atoms with Crippen molar-refractivity contribution < 1.29 is 9.84 Å². The topological polar surface area (TPSA) is 84.3 Å². The summed E-state index contributed by atoms with van der Waals surface area (Å²) in [6, 6.07) is 0. The number of aryl methyl sites for hydroxylation is 1. The molecule has 0 aromatic carbocycles. The summed E-state index contributed by atoms with van der Waals surface area (Å²) in [5, 5.41) is 8.88. The molecule has 0 bridgehead atoms. The van der Waals surface area contributed by atoms with Gasteiger partial charge in [-0.25, -0.2) is 4.79 Å². The van der Waals surface area contributed by atoms with Crippen LogP contribution in [0.15, 0.2) is 27.9 Å². The van der Waals surface area contributed by atoms with Crippen LogP contribution in [0.1, 0.15) is 11.8 Å². The number of aromatic nitrogens is 2. The molecule has 0 fully saturated rings. The first kappa shape index (κ1) is 10.8. The van der Waals surface area contributed by atoms with Gasteiger partial charge in [0.05, 0.1) is 6.61 Å². The Bertz CT molecular complexity index is 528. The molecule has 0 aliphatic carbocycles. The van der Waals surface area contributed by atoms with Gasteiger partial charge in [0.25, 0.3) is 5.56 Å². The quantitative estimate of drug-likeness (QED) is 0.521. The summed E-state index contributed by atoms with van der Waals surface area (Å²) in [6.07, 6.45) is 3.82. The third-order valence-electron chi connectivity index (χ3n) is 2.40. The first-order valence-corrected chi connectivity index (χ1v) is 4.88. The van der Waals surface area contributed by atoms with Crippen molar-refractivity contribution >= 4 is 0 Å². The second-order valence-corrected chi connectivity index (χ2v) is 3.61. The van der Waals surface area contributed by atoms with Gasteiger partial charge in [-0.05, 0) is 13.0 Å². The molecule has 0 unspecified atom stereocenters. The third kappa shape index (κ3) is 1.84. The SMILES string of the molecule is Cc1[13cH][15n]([13C@H]2[13CH]=[13CH][13C@@H]([13CH2]O)O2)c(=O)[15nH]c1=O. The Kier molecular flexibility index (Phi) is 2.76. The van der Waals surface area contributed by atoms with E-state index in [1.807, 2.05) is 0 Å². The van der Waals surface area contributed by atoms with Crippen LogP contribution in [0.25, 0.3) is 0 Å². The summed E-state index contributed by atoms with van der Waals surface area (Å²) < 4.78 is 6.63. The van der Waals surface area contributed by atoms with Crippen molar-refractivity contribution in [2.75, 3.05) is 6.61 Å². The minimum atomic E-state index is -0.569. The fourth-order valence-electron chi connectivity index (χ4n) is 1.53. The van der Waals surface area contributed by atoms with Crippen LogP contribution in [0, 0.1) is 6.92 Å². The van der Waals surface area contributed by atoms with E-state index in [-0.39, 0.29) is 6.61 Å². The zero-order chi connectivity index (χ0) is 11.7. The van der Waals surface area contributed by atoms with Gasteiger partial charge in [-0.1, -0.05) is 6.08 Å². The van der Waals surface area contributed by atoms with Crippen molar-refractivity contribution in [3.63, 3.8) is 0 Å². The van der Waals surface area contributed by atoms with Crippen LogP contribution in [-0.2, 0) is 4.74 Å². The van der Waals surface area contributed by atoms with Crippen LogP contribution >= 0.6 is 0 Å². The molecule has 2 N–H and O–H groups in total. The van der Waals surface area contributed by atoms with Crippen LogP contribution in [0.5, 0.6) is 0 Å². The van der Waals surface area contributed by atoms with Gasteiger partial charge in [-0.15, -0.1) is 0 Å². The lowest BCUT2D eigenvalue weighted by atomic mass is 10.5.